The molecular formula is C11H14ClN5S. The topological polar surface area (TPSA) is 55.6 Å². The van der Waals surface area contributed by atoms with Crippen molar-refractivity contribution in [3.8, 4) is 0 Å². The van der Waals surface area contributed by atoms with E-state index in [1.807, 2.05) is 23.2 Å². The van der Waals surface area contributed by atoms with Crippen molar-refractivity contribution in [3.63, 3.8) is 0 Å². The number of rotatable bonds is 6. The van der Waals surface area contributed by atoms with Gasteiger partial charge in [0.25, 0.3) is 0 Å². The van der Waals surface area contributed by atoms with Gasteiger partial charge in [0.2, 0.25) is 0 Å². The summed E-state index contributed by atoms with van der Waals surface area (Å²) in [6.45, 7) is 1.70. The third-order valence-corrected chi connectivity index (χ3v) is 3.03. The minimum Gasteiger partial charge on any atom is -0.370 e. The lowest BCUT2D eigenvalue weighted by Crippen LogP contribution is -2.08. The summed E-state index contributed by atoms with van der Waals surface area (Å²) in [5, 5.41) is 8.51. The first kappa shape index (κ1) is 13.2. The highest BCUT2D eigenvalue weighted by molar-refractivity contribution is 7.98. The maximum Gasteiger partial charge on any atom is 0.190 e. The largest absolute Gasteiger partial charge is 0.370 e. The molecule has 0 aliphatic heterocycles. The average molecular weight is 284 g/mol. The number of hydrogen-bond acceptors (Lipinski definition) is 5. The standard InChI is InChI=1S/C11H14ClN5S/c1-18-11-15-9(12)8-10(16-11)13-4-2-6-17-7-3-5-14-17/h3,5,7-8H,2,4,6H2,1H3,(H,13,15,16). The van der Waals surface area contributed by atoms with Crippen LogP contribution in [0.3, 0.4) is 0 Å². The van der Waals surface area contributed by atoms with E-state index >= 15 is 0 Å². The molecule has 0 aliphatic carbocycles. The lowest BCUT2D eigenvalue weighted by Gasteiger charge is -2.07. The normalized spacial score (nSPS) is 10.6. The number of aryl methyl sites for hydroxylation is 1. The van der Waals surface area contributed by atoms with Crippen LogP contribution in [0.1, 0.15) is 6.42 Å². The quantitative estimate of drug-likeness (QED) is 0.382. The van der Waals surface area contributed by atoms with Gasteiger partial charge in [0.05, 0.1) is 0 Å². The van der Waals surface area contributed by atoms with Crippen molar-refractivity contribution in [2.24, 2.45) is 0 Å². The van der Waals surface area contributed by atoms with Gasteiger partial charge in [0.1, 0.15) is 11.0 Å². The second kappa shape index (κ2) is 6.61. The summed E-state index contributed by atoms with van der Waals surface area (Å²) in [6.07, 6.45) is 6.63. The molecule has 0 saturated carbocycles. The Morgan fingerprint density at radius 3 is 3.06 bits per heavy atom. The van der Waals surface area contributed by atoms with Crippen molar-refractivity contribution in [1.82, 2.24) is 19.7 Å². The van der Waals surface area contributed by atoms with Gasteiger partial charge >= 0.3 is 0 Å². The van der Waals surface area contributed by atoms with Crippen LogP contribution in [0.25, 0.3) is 0 Å². The van der Waals surface area contributed by atoms with Gasteiger partial charge in [-0.2, -0.15) is 5.10 Å². The van der Waals surface area contributed by atoms with E-state index < -0.39 is 0 Å². The monoisotopic (exact) mass is 283 g/mol. The fourth-order valence-corrected chi connectivity index (χ4v) is 2.08. The number of anilines is 1. The molecule has 0 saturated heterocycles. The molecule has 0 fully saturated rings. The third-order valence-electron chi connectivity index (χ3n) is 2.29. The summed E-state index contributed by atoms with van der Waals surface area (Å²) in [5.74, 6) is 0.764. The summed E-state index contributed by atoms with van der Waals surface area (Å²) in [5.41, 5.74) is 0. The highest BCUT2D eigenvalue weighted by Gasteiger charge is 2.01. The summed E-state index contributed by atoms with van der Waals surface area (Å²) >= 11 is 7.38. The maximum absolute atomic E-state index is 5.90. The Kier molecular flexibility index (Phi) is 4.83. The van der Waals surface area contributed by atoms with Crippen LogP contribution in [0.5, 0.6) is 0 Å². The maximum atomic E-state index is 5.90. The number of nitrogens with zero attached hydrogens (tertiary/aromatic N) is 4. The molecule has 0 aromatic carbocycles. The SMILES string of the molecule is CSc1nc(Cl)cc(NCCCn2cccn2)n1. The highest BCUT2D eigenvalue weighted by Crippen LogP contribution is 2.16. The lowest BCUT2D eigenvalue weighted by molar-refractivity contribution is 0.591. The molecule has 0 spiro atoms. The van der Waals surface area contributed by atoms with Crippen LogP contribution in [0.15, 0.2) is 29.7 Å². The first-order valence-electron chi connectivity index (χ1n) is 5.58. The van der Waals surface area contributed by atoms with E-state index in [0.29, 0.717) is 10.3 Å². The molecule has 0 unspecified atom stereocenters. The van der Waals surface area contributed by atoms with E-state index in [1.165, 1.54) is 11.8 Å². The Bertz CT molecular complexity index is 488. The van der Waals surface area contributed by atoms with Crippen LogP contribution in [-0.4, -0.2) is 32.5 Å². The fourth-order valence-electron chi connectivity index (χ4n) is 1.47. The van der Waals surface area contributed by atoms with Gasteiger partial charge in [-0.1, -0.05) is 23.4 Å². The number of halogens is 1. The molecule has 1 N–H and O–H groups in total. The van der Waals surface area contributed by atoms with Gasteiger partial charge in [-0.25, -0.2) is 9.97 Å². The zero-order chi connectivity index (χ0) is 12.8. The Hall–Kier alpha value is -1.27. The molecule has 0 radical (unpaired) electrons. The second-order valence-corrected chi connectivity index (χ2v) is 4.77. The van der Waals surface area contributed by atoms with Crippen molar-refractivity contribution in [1.29, 1.82) is 0 Å². The number of aromatic nitrogens is 4. The molecule has 18 heavy (non-hydrogen) atoms. The van der Waals surface area contributed by atoms with Crippen molar-refractivity contribution < 1.29 is 0 Å². The molecule has 2 heterocycles. The Morgan fingerprint density at radius 2 is 2.33 bits per heavy atom. The van der Waals surface area contributed by atoms with Crippen LogP contribution < -0.4 is 5.32 Å². The van der Waals surface area contributed by atoms with Gasteiger partial charge in [-0.05, 0) is 18.7 Å². The van der Waals surface area contributed by atoms with E-state index in [0.717, 1.165) is 25.3 Å². The van der Waals surface area contributed by atoms with Gasteiger partial charge < -0.3 is 5.32 Å². The summed E-state index contributed by atoms with van der Waals surface area (Å²) < 4.78 is 1.90. The molecule has 0 aliphatic rings. The van der Waals surface area contributed by atoms with E-state index in [-0.39, 0.29) is 0 Å². The van der Waals surface area contributed by atoms with E-state index in [9.17, 15) is 0 Å². The predicted octanol–water partition coefficient (Wildman–Crippen LogP) is 2.55. The molecule has 5 nitrogen and oxygen atoms in total. The van der Waals surface area contributed by atoms with Crippen LogP contribution in [0, 0.1) is 0 Å². The van der Waals surface area contributed by atoms with Crippen molar-refractivity contribution in [2.45, 2.75) is 18.1 Å². The average Bonchev–Trinajstić information content (AvgIpc) is 2.87. The van der Waals surface area contributed by atoms with Crippen molar-refractivity contribution in [2.75, 3.05) is 18.1 Å². The molecule has 2 aromatic rings. The van der Waals surface area contributed by atoms with Gasteiger partial charge in [0, 0.05) is 31.5 Å². The molecule has 0 bridgehead atoms. The molecule has 2 rings (SSSR count). The fraction of sp³-hybridized carbons (Fsp3) is 0.364. The van der Waals surface area contributed by atoms with E-state index in [4.69, 9.17) is 11.6 Å². The van der Waals surface area contributed by atoms with Crippen LogP contribution in [-0.2, 0) is 6.54 Å². The number of thioether (sulfide) groups is 1. The summed E-state index contributed by atoms with van der Waals surface area (Å²) in [7, 11) is 0. The number of nitrogens with one attached hydrogen (secondary N) is 1. The molecular weight excluding hydrogens is 270 g/mol. The number of hydrogen-bond donors (Lipinski definition) is 1. The zero-order valence-corrected chi connectivity index (χ0v) is 11.6. The minimum absolute atomic E-state index is 0.462. The van der Waals surface area contributed by atoms with Crippen LogP contribution >= 0.6 is 23.4 Å². The van der Waals surface area contributed by atoms with Gasteiger partial charge in [0.15, 0.2) is 5.16 Å². The van der Waals surface area contributed by atoms with E-state index in [2.05, 4.69) is 20.4 Å². The lowest BCUT2D eigenvalue weighted by atomic mass is 10.4. The van der Waals surface area contributed by atoms with Crippen LogP contribution in [0.4, 0.5) is 5.82 Å². The predicted molar refractivity (Wildman–Crippen MR) is 74.2 cm³/mol. The molecule has 0 atom stereocenters. The first-order valence-corrected chi connectivity index (χ1v) is 7.18. The van der Waals surface area contributed by atoms with Crippen LogP contribution in [0.2, 0.25) is 5.15 Å². The van der Waals surface area contributed by atoms with Crippen molar-refractivity contribution in [3.05, 3.63) is 29.7 Å². The van der Waals surface area contributed by atoms with Gasteiger partial charge in [-0.3, -0.25) is 4.68 Å². The highest BCUT2D eigenvalue weighted by atomic mass is 35.5. The molecule has 7 heteroatoms. The van der Waals surface area contributed by atoms with E-state index in [1.54, 1.807) is 12.3 Å². The van der Waals surface area contributed by atoms with Crippen molar-refractivity contribution >= 4 is 29.2 Å². The molecule has 0 amide bonds. The summed E-state index contributed by atoms with van der Waals surface area (Å²) in [4.78, 5) is 8.40. The first-order chi connectivity index (χ1) is 8.78. The Morgan fingerprint density at radius 1 is 1.44 bits per heavy atom. The summed E-state index contributed by atoms with van der Waals surface area (Å²) in [6, 6.07) is 3.65. The Balaban J connectivity index is 1.81. The molecule has 96 valence electrons. The second-order valence-electron chi connectivity index (χ2n) is 3.61. The molecule has 2 aromatic heterocycles. The third kappa shape index (κ3) is 3.89. The zero-order valence-electron chi connectivity index (χ0n) is 10.0. The smallest absolute Gasteiger partial charge is 0.190 e. The minimum atomic E-state index is 0.462. The Labute approximate surface area is 115 Å². The van der Waals surface area contributed by atoms with Gasteiger partial charge in [-0.15, -0.1) is 0 Å².